The highest BCUT2D eigenvalue weighted by Gasteiger charge is 2.03. The number of benzene rings is 1. The van der Waals surface area contributed by atoms with Gasteiger partial charge in [-0.1, -0.05) is 31.2 Å². The van der Waals surface area contributed by atoms with Gasteiger partial charge in [0.15, 0.2) is 0 Å². The second-order valence-corrected chi connectivity index (χ2v) is 4.65. The first-order valence-corrected chi connectivity index (χ1v) is 6.39. The number of nitrogens with zero attached hydrogens (tertiary/aromatic N) is 1. The first-order valence-electron chi connectivity index (χ1n) is 5.51. The highest BCUT2D eigenvalue weighted by atomic mass is 35.5. The van der Waals surface area contributed by atoms with E-state index in [-0.39, 0.29) is 12.4 Å². The van der Waals surface area contributed by atoms with E-state index in [2.05, 4.69) is 46.9 Å². The Morgan fingerprint density at radius 1 is 1.24 bits per heavy atom. The molecule has 0 amide bonds. The van der Waals surface area contributed by atoms with Crippen LogP contribution < -0.4 is 5.32 Å². The van der Waals surface area contributed by atoms with E-state index in [1.807, 2.05) is 7.05 Å². The minimum Gasteiger partial charge on any atom is -0.314 e. The number of aryl methyl sites for hydroxylation is 1. The predicted molar refractivity (Wildman–Crippen MR) is 76.9 cm³/mol. The molecule has 1 aromatic heterocycles. The smallest absolute Gasteiger partial charge is 0.107 e. The second-order valence-electron chi connectivity index (χ2n) is 3.71. The Morgan fingerprint density at radius 2 is 1.94 bits per heavy atom. The van der Waals surface area contributed by atoms with Gasteiger partial charge in [-0.05, 0) is 19.0 Å². The number of hydrogen-bond donors (Lipinski definition) is 1. The van der Waals surface area contributed by atoms with Crippen LogP contribution in [0.1, 0.15) is 17.5 Å². The van der Waals surface area contributed by atoms with Crippen molar-refractivity contribution < 1.29 is 0 Å². The highest BCUT2D eigenvalue weighted by Crippen LogP contribution is 2.22. The zero-order valence-corrected chi connectivity index (χ0v) is 11.7. The fourth-order valence-corrected chi connectivity index (χ4v) is 2.40. The summed E-state index contributed by atoms with van der Waals surface area (Å²) in [6.07, 6.45) is 1.09. The summed E-state index contributed by atoms with van der Waals surface area (Å²) in [6, 6.07) is 8.65. The molecule has 92 valence electrons. The van der Waals surface area contributed by atoms with E-state index in [1.54, 1.807) is 11.3 Å². The molecule has 2 nitrogen and oxygen atoms in total. The van der Waals surface area contributed by atoms with E-state index < -0.39 is 0 Å². The quantitative estimate of drug-likeness (QED) is 0.918. The number of rotatable bonds is 4. The molecular formula is C13H17ClN2S. The van der Waals surface area contributed by atoms with Crippen LogP contribution in [0.3, 0.4) is 0 Å². The molecule has 1 N–H and O–H groups in total. The van der Waals surface area contributed by atoms with Crippen LogP contribution in [-0.2, 0) is 13.0 Å². The van der Waals surface area contributed by atoms with Crippen molar-refractivity contribution in [2.45, 2.75) is 19.9 Å². The van der Waals surface area contributed by atoms with Gasteiger partial charge in [0.2, 0.25) is 0 Å². The van der Waals surface area contributed by atoms with Gasteiger partial charge in [-0.3, -0.25) is 0 Å². The van der Waals surface area contributed by atoms with Crippen LogP contribution in [0.25, 0.3) is 11.3 Å². The van der Waals surface area contributed by atoms with Crippen LogP contribution in [-0.4, -0.2) is 12.0 Å². The molecule has 2 rings (SSSR count). The van der Waals surface area contributed by atoms with Gasteiger partial charge in [-0.2, -0.15) is 0 Å². The molecule has 1 heterocycles. The summed E-state index contributed by atoms with van der Waals surface area (Å²) in [4.78, 5) is 4.58. The first-order chi connectivity index (χ1) is 7.83. The average molecular weight is 269 g/mol. The van der Waals surface area contributed by atoms with Crippen molar-refractivity contribution >= 4 is 23.7 Å². The minimum atomic E-state index is 0. The van der Waals surface area contributed by atoms with Crippen molar-refractivity contribution in [3.8, 4) is 11.3 Å². The van der Waals surface area contributed by atoms with Gasteiger partial charge in [-0.15, -0.1) is 23.7 Å². The molecule has 0 aliphatic heterocycles. The van der Waals surface area contributed by atoms with Crippen LogP contribution in [0.15, 0.2) is 29.6 Å². The topological polar surface area (TPSA) is 24.9 Å². The number of thiazole rings is 1. The summed E-state index contributed by atoms with van der Waals surface area (Å²) in [5.74, 6) is 0. The summed E-state index contributed by atoms with van der Waals surface area (Å²) in [6.45, 7) is 3.01. The van der Waals surface area contributed by atoms with Crippen LogP contribution in [0.2, 0.25) is 0 Å². The number of aromatic nitrogens is 1. The predicted octanol–water partition coefficient (Wildman–Crippen LogP) is 3.51. The Labute approximate surface area is 113 Å². The molecule has 0 fully saturated rings. The molecule has 0 spiro atoms. The molecule has 4 heteroatoms. The largest absolute Gasteiger partial charge is 0.314 e. The molecule has 0 aliphatic carbocycles. The number of hydrogen-bond acceptors (Lipinski definition) is 3. The molecule has 0 bridgehead atoms. The lowest BCUT2D eigenvalue weighted by atomic mass is 10.1. The second kappa shape index (κ2) is 6.74. The Kier molecular flexibility index (Phi) is 5.62. The third-order valence-corrected chi connectivity index (χ3v) is 3.39. The lowest BCUT2D eigenvalue weighted by Crippen LogP contribution is -2.04. The average Bonchev–Trinajstić information content (AvgIpc) is 2.78. The molecule has 0 atom stereocenters. The maximum atomic E-state index is 4.58. The van der Waals surface area contributed by atoms with E-state index in [0.29, 0.717) is 0 Å². The summed E-state index contributed by atoms with van der Waals surface area (Å²) in [7, 11) is 1.94. The maximum Gasteiger partial charge on any atom is 0.107 e. The van der Waals surface area contributed by atoms with Crippen molar-refractivity contribution in [3.05, 3.63) is 40.2 Å². The number of halogens is 1. The molecular weight excluding hydrogens is 252 g/mol. The van der Waals surface area contributed by atoms with Gasteiger partial charge < -0.3 is 5.32 Å². The van der Waals surface area contributed by atoms with Crippen LogP contribution in [0.5, 0.6) is 0 Å². The Balaban J connectivity index is 0.00000144. The monoisotopic (exact) mass is 268 g/mol. The lowest BCUT2D eigenvalue weighted by Gasteiger charge is -1.99. The fourth-order valence-electron chi connectivity index (χ4n) is 1.59. The van der Waals surface area contributed by atoms with Crippen molar-refractivity contribution in [2.75, 3.05) is 7.05 Å². The molecule has 0 unspecified atom stereocenters. The van der Waals surface area contributed by atoms with Crippen molar-refractivity contribution in [3.63, 3.8) is 0 Å². The third-order valence-electron chi connectivity index (χ3n) is 2.54. The SMILES string of the molecule is CCc1ccc(-c2csc(CNC)n2)cc1.Cl. The molecule has 0 aliphatic rings. The van der Waals surface area contributed by atoms with Crippen molar-refractivity contribution in [1.82, 2.24) is 10.3 Å². The Morgan fingerprint density at radius 3 is 2.53 bits per heavy atom. The molecule has 0 radical (unpaired) electrons. The van der Waals surface area contributed by atoms with Gasteiger partial charge in [0.25, 0.3) is 0 Å². The van der Waals surface area contributed by atoms with Gasteiger partial charge in [-0.25, -0.2) is 4.98 Å². The van der Waals surface area contributed by atoms with Crippen LogP contribution >= 0.6 is 23.7 Å². The van der Waals surface area contributed by atoms with E-state index in [4.69, 9.17) is 0 Å². The zero-order chi connectivity index (χ0) is 11.4. The molecule has 17 heavy (non-hydrogen) atoms. The first kappa shape index (κ1) is 14.2. The summed E-state index contributed by atoms with van der Waals surface area (Å²) in [5.41, 5.74) is 3.66. The molecule has 0 saturated carbocycles. The highest BCUT2D eigenvalue weighted by molar-refractivity contribution is 7.09. The molecule has 0 saturated heterocycles. The minimum absolute atomic E-state index is 0. The Bertz CT molecular complexity index is 451. The zero-order valence-electron chi connectivity index (χ0n) is 10.1. The normalized spacial score (nSPS) is 10.0. The number of nitrogens with one attached hydrogen (secondary N) is 1. The van der Waals surface area contributed by atoms with E-state index >= 15 is 0 Å². The standard InChI is InChI=1S/C13H16N2S.ClH/c1-3-10-4-6-11(7-5-10)12-9-16-13(15-12)8-14-2;/h4-7,9,14H,3,8H2,1-2H3;1H. The van der Waals surface area contributed by atoms with Crippen LogP contribution in [0.4, 0.5) is 0 Å². The maximum absolute atomic E-state index is 4.58. The van der Waals surface area contributed by atoms with Gasteiger partial charge >= 0.3 is 0 Å². The lowest BCUT2D eigenvalue weighted by molar-refractivity contribution is 0.811. The summed E-state index contributed by atoms with van der Waals surface area (Å²) < 4.78 is 0. The molecule has 1 aromatic carbocycles. The van der Waals surface area contributed by atoms with E-state index in [0.717, 1.165) is 23.7 Å². The van der Waals surface area contributed by atoms with E-state index in [9.17, 15) is 0 Å². The van der Waals surface area contributed by atoms with Crippen molar-refractivity contribution in [2.24, 2.45) is 0 Å². The van der Waals surface area contributed by atoms with Gasteiger partial charge in [0.1, 0.15) is 5.01 Å². The molecule has 2 aromatic rings. The van der Waals surface area contributed by atoms with Gasteiger partial charge in [0, 0.05) is 17.5 Å². The van der Waals surface area contributed by atoms with Crippen LogP contribution in [0, 0.1) is 0 Å². The fraction of sp³-hybridized carbons (Fsp3) is 0.308. The third kappa shape index (κ3) is 3.53. The van der Waals surface area contributed by atoms with E-state index in [1.165, 1.54) is 11.1 Å². The summed E-state index contributed by atoms with van der Waals surface area (Å²) in [5, 5.41) is 6.37. The Hall–Kier alpha value is -0.900. The van der Waals surface area contributed by atoms with Gasteiger partial charge in [0.05, 0.1) is 5.69 Å². The van der Waals surface area contributed by atoms with Crippen molar-refractivity contribution in [1.29, 1.82) is 0 Å². The summed E-state index contributed by atoms with van der Waals surface area (Å²) >= 11 is 1.71.